The van der Waals surface area contributed by atoms with Crippen molar-refractivity contribution >= 4 is 51.6 Å². The molecule has 0 aliphatic carbocycles. The van der Waals surface area contributed by atoms with E-state index in [4.69, 9.17) is 9.47 Å². The molecule has 0 radical (unpaired) electrons. The summed E-state index contributed by atoms with van der Waals surface area (Å²) in [7, 11) is 0. The van der Waals surface area contributed by atoms with E-state index in [0.29, 0.717) is 15.9 Å². The van der Waals surface area contributed by atoms with Crippen molar-refractivity contribution in [1.29, 1.82) is 0 Å². The van der Waals surface area contributed by atoms with Gasteiger partial charge in [0.2, 0.25) is 0 Å². The fourth-order valence-electron chi connectivity index (χ4n) is 7.50. The second kappa shape index (κ2) is 16.9. The molecule has 2 atom stereocenters. The minimum Gasteiger partial charge on any atom is -0.258 e. The van der Waals surface area contributed by atoms with Crippen LogP contribution in [0.2, 0.25) is 0 Å². The van der Waals surface area contributed by atoms with Gasteiger partial charge < -0.3 is 0 Å². The third kappa shape index (κ3) is 7.19. The molecule has 5 aromatic carbocycles. The van der Waals surface area contributed by atoms with E-state index in [1.807, 2.05) is 54.6 Å². The zero-order valence-corrected chi connectivity index (χ0v) is 31.0. The summed E-state index contributed by atoms with van der Waals surface area (Å²) in [6.45, 7) is -5.96. The molecular weight excluding hydrogens is 739 g/mol. The molecule has 6 rings (SSSR count). The average Bonchev–Trinajstić information content (AvgIpc) is 3.23. The van der Waals surface area contributed by atoms with Crippen molar-refractivity contribution < 1.29 is 38.8 Å². The molecule has 5 aromatic rings. The topological polar surface area (TPSA) is 191 Å². The van der Waals surface area contributed by atoms with Crippen LogP contribution >= 0.6 is 6.60 Å². The van der Waals surface area contributed by atoms with Gasteiger partial charge in [0.15, 0.2) is 0 Å². The number of rotatable bonds is 16. The van der Waals surface area contributed by atoms with Gasteiger partial charge in [-0.2, -0.15) is 0 Å². The molecule has 288 valence electrons. The van der Waals surface area contributed by atoms with Crippen LogP contribution in [-0.2, 0) is 27.5 Å². The minimum absolute atomic E-state index is 0.111. The number of β-lactam (4-membered cyclic amide) rings is 1. The van der Waals surface area contributed by atoms with Crippen molar-refractivity contribution in [3.63, 3.8) is 0 Å². The Hall–Kier alpha value is -6.50. The van der Waals surface area contributed by atoms with Crippen molar-refractivity contribution in [1.82, 2.24) is 10.2 Å². The number of nitro benzene ring substituents is 2. The van der Waals surface area contributed by atoms with Crippen LogP contribution in [0, 0.1) is 26.1 Å². The summed E-state index contributed by atoms with van der Waals surface area (Å²) in [6, 6.07) is 38.3. The monoisotopic (exact) mass is 778 g/mol. The summed E-state index contributed by atoms with van der Waals surface area (Å²) in [4.78, 5) is 66.5. The van der Waals surface area contributed by atoms with Crippen LogP contribution < -0.4 is 21.2 Å². The quantitative estimate of drug-likeness (QED) is 0.0539. The molecule has 1 aliphatic rings. The third-order valence-electron chi connectivity index (χ3n) is 10.3. The Morgan fingerprint density at radius 3 is 1.55 bits per heavy atom. The molecule has 0 saturated carbocycles. The Morgan fingerprint density at radius 1 is 0.679 bits per heavy atom. The van der Waals surface area contributed by atoms with Crippen LogP contribution in [0.4, 0.5) is 21.0 Å². The number of carbonyl (C=O) groups is 3. The number of amides is 2. The van der Waals surface area contributed by atoms with Crippen molar-refractivity contribution in [3.05, 3.63) is 171 Å². The van der Waals surface area contributed by atoms with Crippen LogP contribution in [0.3, 0.4) is 0 Å². The number of aliphatic hydroxyl groups is 1. The molecule has 1 saturated heterocycles. The Balaban J connectivity index is 1.39. The summed E-state index contributed by atoms with van der Waals surface area (Å²) in [5.74, 6) is -1.21. The van der Waals surface area contributed by atoms with Gasteiger partial charge in [0.1, 0.15) is 0 Å². The summed E-state index contributed by atoms with van der Waals surface area (Å²) in [5, 5.41) is 37.9. The third-order valence-corrected chi connectivity index (χ3v) is 16.4. The van der Waals surface area contributed by atoms with Gasteiger partial charge in [-0.05, 0) is 0 Å². The van der Waals surface area contributed by atoms with E-state index in [0.717, 1.165) is 0 Å². The smallest absolute Gasteiger partial charge is 0.258 e. The molecular formula is C41H39N4O10P. The van der Waals surface area contributed by atoms with Gasteiger partial charge >= 0.3 is 306 Å². The van der Waals surface area contributed by atoms with Crippen LogP contribution in [0.25, 0.3) is 0 Å². The van der Waals surface area contributed by atoms with Crippen LogP contribution in [0.1, 0.15) is 17.5 Å². The van der Waals surface area contributed by atoms with Crippen molar-refractivity contribution in [2.24, 2.45) is 5.92 Å². The van der Waals surface area contributed by atoms with Gasteiger partial charge in [0.05, 0.1) is 0 Å². The van der Waals surface area contributed by atoms with Gasteiger partial charge in [-0.15, -0.1) is 0 Å². The first-order chi connectivity index (χ1) is 27.1. The number of nitro groups is 2. The maximum atomic E-state index is 15.6. The van der Waals surface area contributed by atoms with E-state index < -0.39 is 52.7 Å². The number of benzene rings is 5. The van der Waals surface area contributed by atoms with E-state index in [-0.39, 0.29) is 55.0 Å². The fraction of sp³-hybridized carbons (Fsp3) is 0.195. The zero-order chi connectivity index (χ0) is 39.7. The average molecular weight is 779 g/mol. The molecule has 1 aliphatic heterocycles. The number of nitrogens with one attached hydrogen (secondary N) is 1. The molecule has 0 aromatic heterocycles. The number of likely N-dealkylation sites (tertiary alicyclic amines) is 1. The maximum absolute atomic E-state index is 15.6. The van der Waals surface area contributed by atoms with Crippen LogP contribution in [-0.4, -0.2) is 63.0 Å². The molecule has 1 heterocycles. The Morgan fingerprint density at radius 2 is 1.11 bits per heavy atom. The normalized spacial score (nSPS) is 15.8. The minimum atomic E-state index is -4.68. The van der Waals surface area contributed by atoms with E-state index in [9.17, 15) is 34.9 Å². The second-order valence-electron chi connectivity index (χ2n) is 13.2. The summed E-state index contributed by atoms with van der Waals surface area (Å²) in [6.07, 6.45) is -0.964. The predicted octanol–water partition coefficient (Wildman–Crippen LogP) is 5.76. The molecule has 1 fully saturated rings. The molecule has 0 spiro atoms. The SMILES string of the molecule is O=C(NCC1C(=O)N(CP(C(=O)OCc2ccccc2[N+](=O)[O-])(c2ccccc2)(c2ccccc2)c2ccccc2)C1CCO)OCc1ccccc1[N+](=O)[O-]. The number of nitrogens with zero attached hydrogens (tertiary/aromatic N) is 3. The van der Waals surface area contributed by atoms with Crippen molar-refractivity contribution in [3.8, 4) is 0 Å². The van der Waals surface area contributed by atoms with Gasteiger partial charge in [0, 0.05) is 0 Å². The molecule has 0 bridgehead atoms. The number of ether oxygens (including phenoxy) is 2. The van der Waals surface area contributed by atoms with E-state index >= 15 is 4.79 Å². The number of para-hydroxylation sites is 2. The summed E-state index contributed by atoms with van der Waals surface area (Å²) in [5.41, 5.74) is -0.704. The van der Waals surface area contributed by atoms with E-state index in [2.05, 4.69) is 5.32 Å². The Bertz CT molecular complexity index is 2130. The predicted molar refractivity (Wildman–Crippen MR) is 210 cm³/mol. The first kappa shape index (κ1) is 39.2. The Labute approximate surface area is 321 Å². The summed E-state index contributed by atoms with van der Waals surface area (Å²) < 4.78 is 11.5. The van der Waals surface area contributed by atoms with Gasteiger partial charge in [-0.3, -0.25) is 10.1 Å². The van der Waals surface area contributed by atoms with Crippen molar-refractivity contribution in [2.45, 2.75) is 25.7 Å². The second-order valence-corrected chi connectivity index (χ2v) is 18.0. The van der Waals surface area contributed by atoms with Crippen LogP contribution in [0.5, 0.6) is 0 Å². The molecule has 56 heavy (non-hydrogen) atoms. The number of hydrogen-bond donors (Lipinski definition) is 2. The van der Waals surface area contributed by atoms with Crippen molar-refractivity contribution in [2.75, 3.05) is 19.4 Å². The molecule has 2 amide bonds. The molecule has 2 N–H and O–H groups in total. The molecule has 2 unspecified atom stereocenters. The summed E-state index contributed by atoms with van der Waals surface area (Å²) >= 11 is 0. The first-order valence-electron chi connectivity index (χ1n) is 17.7. The zero-order valence-electron chi connectivity index (χ0n) is 30.1. The standard InChI is InChI=1S/C41H39N4O10P/c46-25-24-38-35(26-42-40(48)54-27-30-14-10-12-22-36(30)44(50)51)39(47)43(38)29-56(32-16-4-1-5-17-32,33-18-6-2-7-19-33,34-20-8-3-9-21-34)41(49)55-28-31-15-11-13-23-37(31)45(52)53/h1-23,35,38,46H,24-29H2,(H,42,48). The molecule has 14 nitrogen and oxygen atoms in total. The van der Waals surface area contributed by atoms with Gasteiger partial charge in [-0.1, -0.05) is 6.07 Å². The number of hydrogen-bond acceptors (Lipinski definition) is 10. The van der Waals surface area contributed by atoms with Gasteiger partial charge in [-0.25, -0.2) is 0 Å². The number of carbonyl (C=O) groups excluding carboxylic acids is 3. The number of alkyl carbamates (subject to hydrolysis) is 1. The fourth-order valence-corrected chi connectivity index (χ4v) is 13.4. The molecule has 15 heteroatoms. The first-order valence-corrected chi connectivity index (χ1v) is 20.2. The van der Waals surface area contributed by atoms with E-state index in [1.54, 1.807) is 53.4 Å². The number of aliphatic hydroxyl groups excluding tert-OH is 1. The van der Waals surface area contributed by atoms with E-state index in [1.165, 1.54) is 36.4 Å². The van der Waals surface area contributed by atoms with Gasteiger partial charge in [0.25, 0.3) is 0 Å². The van der Waals surface area contributed by atoms with Crippen LogP contribution in [0.15, 0.2) is 140 Å². The Kier molecular flexibility index (Phi) is 11.8.